The van der Waals surface area contributed by atoms with E-state index in [9.17, 15) is 0 Å². The molecule has 1 N–H and O–H groups in total. The molecule has 17 heavy (non-hydrogen) atoms. The lowest BCUT2D eigenvalue weighted by atomic mass is 9.91. The molecule has 0 bridgehead atoms. The molecule has 0 fully saturated rings. The van der Waals surface area contributed by atoms with E-state index < -0.39 is 0 Å². The van der Waals surface area contributed by atoms with E-state index in [1.54, 1.807) is 0 Å². The summed E-state index contributed by atoms with van der Waals surface area (Å²) in [7, 11) is 0. The molecule has 0 heterocycles. The second-order valence-corrected chi connectivity index (χ2v) is 4.85. The van der Waals surface area contributed by atoms with Gasteiger partial charge in [-0.05, 0) is 28.8 Å². The van der Waals surface area contributed by atoms with Gasteiger partial charge in [0.15, 0.2) is 0 Å². The maximum atomic E-state index is 3.59. The van der Waals surface area contributed by atoms with Gasteiger partial charge >= 0.3 is 0 Å². The Morgan fingerprint density at radius 3 is 2.41 bits per heavy atom. The van der Waals surface area contributed by atoms with Crippen molar-refractivity contribution in [3.05, 3.63) is 48.0 Å². The molecule has 0 radical (unpaired) electrons. The van der Waals surface area contributed by atoms with Gasteiger partial charge in [-0.15, -0.1) is 0 Å². The molecule has 2 aromatic carbocycles. The van der Waals surface area contributed by atoms with Crippen LogP contribution in [0.25, 0.3) is 10.8 Å². The zero-order chi connectivity index (χ0) is 12.3. The van der Waals surface area contributed by atoms with Crippen molar-refractivity contribution in [1.29, 1.82) is 0 Å². The SMILES string of the molecule is CCNC(c1cccc2ccccc12)C(C)C. The monoisotopic (exact) mass is 227 g/mol. The van der Waals surface area contributed by atoms with Crippen molar-refractivity contribution in [2.75, 3.05) is 6.54 Å². The predicted molar refractivity (Wildman–Crippen MR) is 75.2 cm³/mol. The molecule has 1 unspecified atom stereocenters. The van der Waals surface area contributed by atoms with Gasteiger partial charge in [0, 0.05) is 6.04 Å². The van der Waals surface area contributed by atoms with Gasteiger partial charge in [-0.2, -0.15) is 0 Å². The Labute approximate surface area is 104 Å². The highest BCUT2D eigenvalue weighted by Crippen LogP contribution is 2.28. The highest BCUT2D eigenvalue weighted by Gasteiger charge is 2.16. The average Bonchev–Trinajstić information content (AvgIpc) is 2.35. The lowest BCUT2D eigenvalue weighted by Crippen LogP contribution is -2.25. The molecule has 0 aliphatic heterocycles. The summed E-state index contributed by atoms with van der Waals surface area (Å²) in [5.41, 5.74) is 1.42. The Hall–Kier alpha value is -1.34. The quantitative estimate of drug-likeness (QED) is 0.827. The van der Waals surface area contributed by atoms with Crippen LogP contribution in [-0.2, 0) is 0 Å². The minimum atomic E-state index is 0.436. The third kappa shape index (κ3) is 2.50. The van der Waals surface area contributed by atoms with E-state index >= 15 is 0 Å². The minimum absolute atomic E-state index is 0.436. The first-order chi connectivity index (χ1) is 8.24. The fourth-order valence-corrected chi connectivity index (χ4v) is 2.45. The van der Waals surface area contributed by atoms with Crippen molar-refractivity contribution < 1.29 is 0 Å². The third-order valence-electron chi connectivity index (χ3n) is 3.25. The summed E-state index contributed by atoms with van der Waals surface area (Å²) < 4.78 is 0. The normalized spacial score (nSPS) is 13.2. The van der Waals surface area contributed by atoms with Gasteiger partial charge in [-0.3, -0.25) is 0 Å². The van der Waals surface area contributed by atoms with Crippen molar-refractivity contribution in [2.45, 2.75) is 26.8 Å². The minimum Gasteiger partial charge on any atom is -0.310 e. The summed E-state index contributed by atoms with van der Waals surface area (Å²) in [4.78, 5) is 0. The average molecular weight is 227 g/mol. The van der Waals surface area contributed by atoms with Gasteiger partial charge < -0.3 is 5.32 Å². The molecule has 2 rings (SSSR count). The number of hydrogen-bond acceptors (Lipinski definition) is 1. The Morgan fingerprint density at radius 2 is 1.71 bits per heavy atom. The van der Waals surface area contributed by atoms with E-state index in [-0.39, 0.29) is 0 Å². The topological polar surface area (TPSA) is 12.0 Å². The summed E-state index contributed by atoms with van der Waals surface area (Å²) >= 11 is 0. The van der Waals surface area contributed by atoms with Crippen LogP contribution in [0.2, 0.25) is 0 Å². The summed E-state index contributed by atoms with van der Waals surface area (Å²) in [5, 5.41) is 6.29. The summed E-state index contributed by atoms with van der Waals surface area (Å²) in [5.74, 6) is 0.598. The predicted octanol–water partition coefficient (Wildman–Crippen LogP) is 4.15. The lowest BCUT2D eigenvalue weighted by Gasteiger charge is -2.23. The van der Waals surface area contributed by atoms with Crippen LogP contribution in [0.1, 0.15) is 32.4 Å². The van der Waals surface area contributed by atoms with Crippen LogP contribution in [0.15, 0.2) is 42.5 Å². The fraction of sp³-hybridized carbons (Fsp3) is 0.375. The lowest BCUT2D eigenvalue weighted by molar-refractivity contribution is 0.424. The molecule has 0 spiro atoms. The van der Waals surface area contributed by atoms with Crippen LogP contribution >= 0.6 is 0 Å². The maximum absolute atomic E-state index is 3.59. The standard InChI is InChI=1S/C16H21N/c1-4-17-16(12(2)3)15-11-7-9-13-8-5-6-10-14(13)15/h5-12,16-17H,4H2,1-3H3. The molecule has 1 heteroatoms. The molecule has 0 saturated heterocycles. The van der Waals surface area contributed by atoms with E-state index in [4.69, 9.17) is 0 Å². The van der Waals surface area contributed by atoms with Gasteiger partial charge in [0.25, 0.3) is 0 Å². The summed E-state index contributed by atoms with van der Waals surface area (Å²) in [6.45, 7) is 7.72. The van der Waals surface area contributed by atoms with E-state index in [0.29, 0.717) is 12.0 Å². The second-order valence-electron chi connectivity index (χ2n) is 4.85. The zero-order valence-electron chi connectivity index (χ0n) is 10.9. The maximum Gasteiger partial charge on any atom is 0.0349 e. The number of hydrogen-bond donors (Lipinski definition) is 1. The third-order valence-corrected chi connectivity index (χ3v) is 3.25. The molecular formula is C16H21N. The Bertz CT molecular complexity index is 482. The van der Waals surface area contributed by atoms with E-state index in [0.717, 1.165) is 6.54 Å². The number of fused-ring (bicyclic) bond motifs is 1. The van der Waals surface area contributed by atoms with E-state index in [2.05, 4.69) is 68.6 Å². The molecule has 0 saturated carbocycles. The first kappa shape index (κ1) is 12.1. The molecule has 90 valence electrons. The first-order valence-corrected chi connectivity index (χ1v) is 6.45. The number of rotatable bonds is 4. The number of benzene rings is 2. The van der Waals surface area contributed by atoms with Crippen LogP contribution < -0.4 is 5.32 Å². The first-order valence-electron chi connectivity index (χ1n) is 6.45. The molecule has 1 nitrogen and oxygen atoms in total. The van der Waals surface area contributed by atoms with Gasteiger partial charge in [0.05, 0.1) is 0 Å². The van der Waals surface area contributed by atoms with E-state index in [1.807, 2.05) is 0 Å². The molecule has 0 aliphatic carbocycles. The zero-order valence-corrected chi connectivity index (χ0v) is 10.9. The Balaban J connectivity index is 2.52. The largest absolute Gasteiger partial charge is 0.310 e. The van der Waals surface area contributed by atoms with Crippen LogP contribution in [0, 0.1) is 5.92 Å². The summed E-state index contributed by atoms with van der Waals surface area (Å²) in [6, 6.07) is 15.6. The molecule has 1 atom stereocenters. The van der Waals surface area contributed by atoms with Crippen LogP contribution in [-0.4, -0.2) is 6.54 Å². The Kier molecular flexibility index (Phi) is 3.80. The van der Waals surface area contributed by atoms with Gasteiger partial charge in [-0.1, -0.05) is 63.2 Å². The van der Waals surface area contributed by atoms with Gasteiger partial charge in [0.1, 0.15) is 0 Å². The molecular weight excluding hydrogens is 206 g/mol. The van der Waals surface area contributed by atoms with Crippen LogP contribution in [0.4, 0.5) is 0 Å². The highest BCUT2D eigenvalue weighted by molar-refractivity contribution is 5.86. The van der Waals surface area contributed by atoms with Crippen molar-refractivity contribution in [3.8, 4) is 0 Å². The van der Waals surface area contributed by atoms with Gasteiger partial charge in [0.2, 0.25) is 0 Å². The van der Waals surface area contributed by atoms with Crippen LogP contribution in [0.3, 0.4) is 0 Å². The molecule has 0 amide bonds. The fourth-order valence-electron chi connectivity index (χ4n) is 2.45. The van der Waals surface area contributed by atoms with Crippen molar-refractivity contribution in [2.24, 2.45) is 5.92 Å². The molecule has 2 aromatic rings. The smallest absolute Gasteiger partial charge is 0.0349 e. The van der Waals surface area contributed by atoms with Crippen LogP contribution in [0.5, 0.6) is 0 Å². The van der Waals surface area contributed by atoms with Crippen molar-refractivity contribution in [3.63, 3.8) is 0 Å². The number of nitrogens with one attached hydrogen (secondary N) is 1. The van der Waals surface area contributed by atoms with Crippen molar-refractivity contribution in [1.82, 2.24) is 5.32 Å². The van der Waals surface area contributed by atoms with Crippen molar-refractivity contribution >= 4 is 10.8 Å². The molecule has 0 aromatic heterocycles. The van der Waals surface area contributed by atoms with Gasteiger partial charge in [-0.25, -0.2) is 0 Å². The Morgan fingerprint density at radius 1 is 1.00 bits per heavy atom. The van der Waals surface area contributed by atoms with E-state index in [1.165, 1.54) is 16.3 Å². The highest BCUT2D eigenvalue weighted by atomic mass is 14.9. The summed E-state index contributed by atoms with van der Waals surface area (Å²) in [6.07, 6.45) is 0. The second kappa shape index (κ2) is 5.33. The molecule has 0 aliphatic rings.